The molecule has 3 aromatic rings. The summed E-state index contributed by atoms with van der Waals surface area (Å²) < 4.78 is 15.6. The Morgan fingerprint density at radius 1 is 1.21 bits per heavy atom. The van der Waals surface area contributed by atoms with Crippen LogP contribution in [0.1, 0.15) is 54.9 Å². The molecule has 2 aromatic heterocycles. The standard InChI is InChI=1S/C25H27FN2O/c1-5-17-8-6-7-9-19(17)21-22-24(28(13-11-26)23(21)16(2)29)20-10-12-27-15-18(20)14-25(22,3)4/h6-10,12,15H,5,11,13-14H2,1-4H3. The summed E-state index contributed by atoms with van der Waals surface area (Å²) in [7, 11) is 0. The zero-order valence-corrected chi connectivity index (χ0v) is 17.6. The van der Waals surface area contributed by atoms with E-state index in [0.717, 1.165) is 46.4 Å². The Balaban J connectivity index is 2.20. The molecule has 1 aliphatic carbocycles. The van der Waals surface area contributed by atoms with Crippen molar-refractivity contribution in [2.24, 2.45) is 0 Å². The van der Waals surface area contributed by atoms with Gasteiger partial charge in [-0.3, -0.25) is 9.78 Å². The maximum atomic E-state index is 13.7. The Labute approximate surface area is 171 Å². The second-order valence-corrected chi connectivity index (χ2v) is 8.45. The summed E-state index contributed by atoms with van der Waals surface area (Å²) in [6.07, 6.45) is 5.39. The molecular formula is C25H27FN2O. The average molecular weight is 391 g/mol. The molecular weight excluding hydrogens is 363 g/mol. The maximum Gasteiger partial charge on any atom is 0.176 e. The summed E-state index contributed by atoms with van der Waals surface area (Å²) in [6, 6.07) is 10.3. The van der Waals surface area contributed by atoms with Crippen LogP contribution in [0.5, 0.6) is 0 Å². The largest absolute Gasteiger partial charge is 0.335 e. The summed E-state index contributed by atoms with van der Waals surface area (Å²) in [4.78, 5) is 17.2. The van der Waals surface area contributed by atoms with E-state index in [4.69, 9.17) is 0 Å². The SMILES string of the molecule is CCc1ccccc1-c1c2c(n(CCF)c1C(C)=O)-c1ccncc1CC2(C)C. The lowest BCUT2D eigenvalue weighted by Crippen LogP contribution is -2.26. The number of hydrogen-bond donors (Lipinski definition) is 0. The van der Waals surface area contributed by atoms with Gasteiger partial charge in [0.2, 0.25) is 0 Å². The van der Waals surface area contributed by atoms with Gasteiger partial charge in [0.25, 0.3) is 0 Å². The second kappa shape index (κ2) is 7.25. The van der Waals surface area contributed by atoms with E-state index in [1.807, 2.05) is 29.0 Å². The summed E-state index contributed by atoms with van der Waals surface area (Å²) in [5.74, 6) is -0.0276. The molecule has 0 radical (unpaired) electrons. The number of benzene rings is 1. The number of hydrogen-bond acceptors (Lipinski definition) is 2. The molecule has 1 aliphatic rings. The first-order valence-electron chi connectivity index (χ1n) is 10.3. The number of carbonyl (C=O) groups is 1. The third-order valence-corrected chi connectivity index (χ3v) is 6.04. The molecule has 3 nitrogen and oxygen atoms in total. The Morgan fingerprint density at radius 2 is 1.97 bits per heavy atom. The number of alkyl halides is 1. The molecule has 4 rings (SSSR count). The van der Waals surface area contributed by atoms with Crippen molar-refractivity contribution in [1.29, 1.82) is 0 Å². The Hall–Kier alpha value is -2.75. The molecule has 2 heterocycles. The smallest absolute Gasteiger partial charge is 0.176 e. The number of pyridine rings is 1. The lowest BCUT2D eigenvalue weighted by atomic mass is 9.70. The van der Waals surface area contributed by atoms with Gasteiger partial charge in [-0.25, -0.2) is 4.39 Å². The molecule has 0 spiro atoms. The molecule has 0 fully saturated rings. The van der Waals surface area contributed by atoms with Crippen LogP contribution in [0.3, 0.4) is 0 Å². The van der Waals surface area contributed by atoms with Gasteiger partial charge in [0.05, 0.1) is 17.9 Å². The van der Waals surface area contributed by atoms with Gasteiger partial charge in [-0.1, -0.05) is 45.0 Å². The van der Waals surface area contributed by atoms with Crippen LogP contribution in [-0.4, -0.2) is 22.0 Å². The highest BCUT2D eigenvalue weighted by atomic mass is 19.1. The van der Waals surface area contributed by atoms with Crippen LogP contribution in [0.4, 0.5) is 4.39 Å². The van der Waals surface area contributed by atoms with Gasteiger partial charge in [-0.05, 0) is 46.6 Å². The number of aryl methyl sites for hydroxylation is 1. The van der Waals surface area contributed by atoms with Gasteiger partial charge in [-0.15, -0.1) is 0 Å². The Bertz CT molecular complexity index is 1090. The van der Waals surface area contributed by atoms with Gasteiger partial charge in [-0.2, -0.15) is 0 Å². The number of carbonyl (C=O) groups excluding carboxylic acids is 1. The van der Waals surface area contributed by atoms with Crippen LogP contribution < -0.4 is 0 Å². The Morgan fingerprint density at radius 3 is 2.66 bits per heavy atom. The van der Waals surface area contributed by atoms with E-state index in [1.54, 1.807) is 13.1 Å². The zero-order valence-electron chi connectivity index (χ0n) is 17.6. The molecule has 4 heteroatoms. The van der Waals surface area contributed by atoms with Crippen molar-refractivity contribution in [2.75, 3.05) is 6.67 Å². The monoisotopic (exact) mass is 390 g/mol. The van der Waals surface area contributed by atoms with Crippen molar-refractivity contribution in [3.05, 3.63) is 65.1 Å². The first kappa shape index (κ1) is 19.6. The number of aromatic nitrogens is 2. The molecule has 29 heavy (non-hydrogen) atoms. The molecule has 0 aliphatic heterocycles. The van der Waals surface area contributed by atoms with Gasteiger partial charge >= 0.3 is 0 Å². The molecule has 0 atom stereocenters. The molecule has 0 saturated heterocycles. The highest BCUT2D eigenvalue weighted by Gasteiger charge is 2.39. The fraction of sp³-hybridized carbons (Fsp3) is 0.360. The first-order chi connectivity index (χ1) is 13.9. The fourth-order valence-electron chi connectivity index (χ4n) is 4.93. The Kier molecular flexibility index (Phi) is 4.89. The summed E-state index contributed by atoms with van der Waals surface area (Å²) in [5.41, 5.74) is 8.01. The topological polar surface area (TPSA) is 34.9 Å². The first-order valence-corrected chi connectivity index (χ1v) is 10.3. The molecule has 0 amide bonds. The number of ketones is 1. The van der Waals surface area contributed by atoms with E-state index in [-0.39, 0.29) is 17.7 Å². The van der Waals surface area contributed by atoms with Gasteiger partial charge in [0, 0.05) is 30.4 Å². The van der Waals surface area contributed by atoms with E-state index in [0.29, 0.717) is 5.69 Å². The van der Waals surface area contributed by atoms with Crippen molar-refractivity contribution in [2.45, 2.75) is 52.5 Å². The highest BCUT2D eigenvalue weighted by Crippen LogP contribution is 2.50. The average Bonchev–Trinajstić information content (AvgIpc) is 3.04. The van der Waals surface area contributed by atoms with Crippen molar-refractivity contribution < 1.29 is 9.18 Å². The minimum atomic E-state index is -0.517. The van der Waals surface area contributed by atoms with E-state index in [9.17, 15) is 9.18 Å². The molecule has 1 aromatic carbocycles. The number of rotatable bonds is 5. The number of halogens is 1. The van der Waals surface area contributed by atoms with Gasteiger partial charge in [0.1, 0.15) is 6.67 Å². The van der Waals surface area contributed by atoms with E-state index >= 15 is 0 Å². The molecule has 0 bridgehead atoms. The summed E-state index contributed by atoms with van der Waals surface area (Å²) in [6.45, 7) is 7.80. The van der Waals surface area contributed by atoms with Crippen LogP contribution in [0, 0.1) is 0 Å². The van der Waals surface area contributed by atoms with Crippen molar-refractivity contribution in [1.82, 2.24) is 9.55 Å². The maximum absolute atomic E-state index is 13.7. The van der Waals surface area contributed by atoms with E-state index in [2.05, 4.69) is 37.9 Å². The van der Waals surface area contributed by atoms with Crippen molar-refractivity contribution in [3.8, 4) is 22.4 Å². The predicted octanol–water partition coefficient (Wildman–Crippen LogP) is 5.79. The highest BCUT2D eigenvalue weighted by molar-refractivity contribution is 6.04. The third kappa shape index (κ3) is 3.02. The quantitative estimate of drug-likeness (QED) is 0.517. The fourth-order valence-corrected chi connectivity index (χ4v) is 4.93. The van der Waals surface area contributed by atoms with Crippen LogP contribution in [-0.2, 0) is 24.8 Å². The minimum Gasteiger partial charge on any atom is -0.335 e. The molecule has 0 N–H and O–H groups in total. The van der Waals surface area contributed by atoms with Crippen LogP contribution in [0.25, 0.3) is 22.4 Å². The van der Waals surface area contributed by atoms with Crippen molar-refractivity contribution in [3.63, 3.8) is 0 Å². The van der Waals surface area contributed by atoms with Gasteiger partial charge < -0.3 is 4.57 Å². The lowest BCUT2D eigenvalue weighted by Gasteiger charge is -2.33. The number of fused-ring (bicyclic) bond motifs is 3. The van der Waals surface area contributed by atoms with Crippen molar-refractivity contribution >= 4 is 5.78 Å². The molecule has 0 saturated carbocycles. The number of nitrogens with zero attached hydrogens (tertiary/aromatic N) is 2. The predicted molar refractivity (Wildman–Crippen MR) is 115 cm³/mol. The normalized spacial score (nSPS) is 14.4. The lowest BCUT2D eigenvalue weighted by molar-refractivity contribution is 0.100. The third-order valence-electron chi connectivity index (χ3n) is 6.04. The molecule has 150 valence electrons. The summed E-state index contributed by atoms with van der Waals surface area (Å²) >= 11 is 0. The van der Waals surface area contributed by atoms with Crippen LogP contribution in [0.2, 0.25) is 0 Å². The van der Waals surface area contributed by atoms with Crippen LogP contribution >= 0.6 is 0 Å². The second-order valence-electron chi connectivity index (χ2n) is 8.45. The minimum absolute atomic E-state index is 0.0276. The zero-order chi connectivity index (χ0) is 20.8. The molecule has 0 unspecified atom stereocenters. The number of Topliss-reactive ketones (excluding diaryl/α,β-unsaturated/α-hetero) is 1. The van der Waals surface area contributed by atoms with Gasteiger partial charge in [0.15, 0.2) is 5.78 Å². The van der Waals surface area contributed by atoms with E-state index in [1.165, 1.54) is 5.56 Å². The van der Waals surface area contributed by atoms with E-state index < -0.39 is 6.67 Å². The summed E-state index contributed by atoms with van der Waals surface area (Å²) in [5, 5.41) is 0. The van der Waals surface area contributed by atoms with Crippen LogP contribution in [0.15, 0.2) is 42.7 Å².